The monoisotopic (exact) mass is 398 g/mol. The van der Waals surface area contributed by atoms with Gasteiger partial charge in [-0.2, -0.15) is 0 Å². The minimum Gasteiger partial charge on any atom is -0.496 e. The summed E-state index contributed by atoms with van der Waals surface area (Å²) in [4.78, 5) is 11.7. The van der Waals surface area contributed by atoms with Crippen molar-refractivity contribution in [1.82, 2.24) is 10.2 Å². The zero-order chi connectivity index (χ0) is 19.5. The van der Waals surface area contributed by atoms with E-state index in [0.717, 1.165) is 28.9 Å². The molecule has 144 valence electrons. The lowest BCUT2D eigenvalue weighted by Gasteiger charge is -2.09. The maximum atomic E-state index is 11.7. The molecule has 0 unspecified atom stereocenters. The van der Waals surface area contributed by atoms with Crippen LogP contribution in [0.3, 0.4) is 0 Å². The van der Waals surface area contributed by atoms with Crippen molar-refractivity contribution < 1.29 is 23.4 Å². The Bertz CT molecular complexity index is 1020. The number of nitrogens with zero attached hydrogens (tertiary/aromatic N) is 2. The van der Waals surface area contributed by atoms with Crippen molar-refractivity contribution in [2.45, 2.75) is 17.4 Å². The summed E-state index contributed by atoms with van der Waals surface area (Å²) in [5.74, 6) is 2.16. The molecule has 28 heavy (non-hydrogen) atoms. The third-order valence-corrected chi connectivity index (χ3v) is 5.27. The van der Waals surface area contributed by atoms with Gasteiger partial charge >= 0.3 is 5.97 Å². The van der Waals surface area contributed by atoms with Crippen LogP contribution in [0.4, 0.5) is 0 Å². The molecule has 0 N–H and O–H groups in total. The lowest BCUT2D eigenvalue weighted by molar-refractivity contribution is 0.0600. The van der Waals surface area contributed by atoms with Crippen LogP contribution in [0.5, 0.6) is 11.5 Å². The maximum absolute atomic E-state index is 11.7. The van der Waals surface area contributed by atoms with Gasteiger partial charge in [-0.05, 0) is 35.9 Å². The first-order valence-electron chi connectivity index (χ1n) is 8.65. The van der Waals surface area contributed by atoms with E-state index in [2.05, 4.69) is 10.2 Å². The quantitative estimate of drug-likeness (QED) is 0.458. The lowest BCUT2D eigenvalue weighted by Crippen LogP contribution is -2.02. The number of benzene rings is 2. The number of aromatic nitrogens is 2. The fourth-order valence-corrected chi connectivity index (χ4v) is 3.71. The summed E-state index contributed by atoms with van der Waals surface area (Å²) in [6, 6.07) is 11.1. The summed E-state index contributed by atoms with van der Waals surface area (Å²) >= 11 is 1.40. The molecule has 2 heterocycles. The van der Waals surface area contributed by atoms with Gasteiger partial charge in [0.1, 0.15) is 11.5 Å². The molecule has 7 nitrogen and oxygen atoms in total. The van der Waals surface area contributed by atoms with Gasteiger partial charge in [-0.25, -0.2) is 4.79 Å². The molecule has 0 atom stereocenters. The summed E-state index contributed by atoms with van der Waals surface area (Å²) in [7, 11) is 2.91. The first-order valence-corrected chi connectivity index (χ1v) is 9.64. The van der Waals surface area contributed by atoms with E-state index in [-0.39, 0.29) is 0 Å². The van der Waals surface area contributed by atoms with Gasteiger partial charge in [0.2, 0.25) is 5.89 Å². The van der Waals surface area contributed by atoms with Crippen LogP contribution in [0.1, 0.15) is 21.5 Å². The molecule has 0 radical (unpaired) electrons. The number of carbonyl (C=O) groups excluding carboxylic acids is 1. The van der Waals surface area contributed by atoms with Crippen LogP contribution >= 0.6 is 11.8 Å². The van der Waals surface area contributed by atoms with Gasteiger partial charge in [-0.15, -0.1) is 10.2 Å². The highest BCUT2D eigenvalue weighted by molar-refractivity contribution is 7.98. The molecule has 3 aromatic rings. The number of hydrogen-bond acceptors (Lipinski definition) is 8. The van der Waals surface area contributed by atoms with Crippen molar-refractivity contribution in [1.29, 1.82) is 0 Å². The summed E-state index contributed by atoms with van der Waals surface area (Å²) in [6.07, 6.45) is 0.889. The molecule has 1 aliphatic rings. The van der Waals surface area contributed by atoms with E-state index < -0.39 is 5.97 Å². The molecule has 1 aliphatic heterocycles. The van der Waals surface area contributed by atoms with E-state index >= 15 is 0 Å². The van der Waals surface area contributed by atoms with Crippen LogP contribution in [0.2, 0.25) is 0 Å². The second-order valence-corrected chi connectivity index (χ2v) is 7.03. The smallest absolute Gasteiger partial charge is 0.337 e. The van der Waals surface area contributed by atoms with Crippen molar-refractivity contribution in [2.75, 3.05) is 20.8 Å². The number of methoxy groups -OCH3 is 2. The van der Waals surface area contributed by atoms with Crippen LogP contribution in [-0.2, 0) is 16.9 Å². The maximum Gasteiger partial charge on any atom is 0.337 e. The molecular formula is C20H18N2O5S. The van der Waals surface area contributed by atoms with E-state index in [1.54, 1.807) is 19.2 Å². The molecule has 0 aliphatic carbocycles. The molecule has 0 bridgehead atoms. The van der Waals surface area contributed by atoms with E-state index in [4.69, 9.17) is 18.6 Å². The second-order valence-electron chi connectivity index (χ2n) is 6.10. The highest BCUT2D eigenvalue weighted by atomic mass is 32.2. The summed E-state index contributed by atoms with van der Waals surface area (Å²) in [5.41, 5.74) is 3.38. The summed E-state index contributed by atoms with van der Waals surface area (Å²) < 4.78 is 21.4. The molecule has 2 aromatic carbocycles. The Hall–Kier alpha value is -3.00. The van der Waals surface area contributed by atoms with Crippen LogP contribution in [0.25, 0.3) is 11.5 Å². The third-order valence-electron chi connectivity index (χ3n) is 4.40. The predicted octanol–water partition coefficient (Wildman–Crippen LogP) is 3.76. The molecule has 4 rings (SSSR count). The Balaban J connectivity index is 1.47. The fraction of sp³-hybridized carbons (Fsp3) is 0.250. The standard InChI is InChI=1S/C20H18N2O5S/c1-24-17-10-14(19(23)25-2)3-4-15(17)11-28-20-22-21-18(27-20)13-5-6-16-12(9-13)7-8-26-16/h3-6,9-10H,7-8,11H2,1-2H3. The zero-order valence-corrected chi connectivity index (χ0v) is 16.2. The first-order chi connectivity index (χ1) is 13.7. The average Bonchev–Trinajstić information content (AvgIpc) is 3.40. The Morgan fingerprint density at radius 1 is 1.18 bits per heavy atom. The van der Waals surface area contributed by atoms with Crippen LogP contribution in [-0.4, -0.2) is 37.0 Å². The first kappa shape index (κ1) is 18.4. The molecule has 0 saturated carbocycles. The molecule has 0 fully saturated rings. The number of ether oxygens (including phenoxy) is 3. The topological polar surface area (TPSA) is 83.7 Å². The van der Waals surface area contributed by atoms with Crippen molar-refractivity contribution in [2.24, 2.45) is 0 Å². The van der Waals surface area contributed by atoms with Crippen LogP contribution in [0.15, 0.2) is 46.0 Å². The van der Waals surface area contributed by atoms with Gasteiger partial charge in [0.05, 0.1) is 26.4 Å². The Labute approximate surface area is 166 Å². The number of fused-ring (bicyclic) bond motifs is 1. The van der Waals surface area contributed by atoms with E-state index in [9.17, 15) is 4.79 Å². The summed E-state index contributed by atoms with van der Waals surface area (Å²) in [5, 5.41) is 8.72. The normalized spacial score (nSPS) is 12.4. The molecule has 1 aromatic heterocycles. The van der Waals surface area contributed by atoms with Gasteiger partial charge in [0.25, 0.3) is 5.22 Å². The van der Waals surface area contributed by atoms with Crippen molar-refractivity contribution in [3.8, 4) is 23.0 Å². The van der Waals surface area contributed by atoms with Crippen molar-refractivity contribution in [3.05, 3.63) is 53.1 Å². The van der Waals surface area contributed by atoms with Crippen molar-refractivity contribution in [3.63, 3.8) is 0 Å². The minimum atomic E-state index is -0.404. The third kappa shape index (κ3) is 3.68. The zero-order valence-electron chi connectivity index (χ0n) is 15.4. The number of esters is 1. The van der Waals surface area contributed by atoms with Crippen LogP contribution < -0.4 is 9.47 Å². The highest BCUT2D eigenvalue weighted by Crippen LogP contribution is 2.32. The fourth-order valence-electron chi connectivity index (χ4n) is 2.95. The van der Waals surface area contributed by atoms with E-state index in [1.165, 1.54) is 18.9 Å². The van der Waals surface area contributed by atoms with E-state index in [1.807, 2.05) is 24.3 Å². The van der Waals surface area contributed by atoms with Gasteiger partial charge in [0.15, 0.2) is 0 Å². The van der Waals surface area contributed by atoms with Crippen molar-refractivity contribution >= 4 is 17.7 Å². The minimum absolute atomic E-state index is 0.404. The Morgan fingerprint density at radius 3 is 2.89 bits per heavy atom. The Kier molecular flexibility index (Phi) is 5.21. The largest absolute Gasteiger partial charge is 0.496 e. The molecular weight excluding hydrogens is 380 g/mol. The van der Waals surface area contributed by atoms with Gasteiger partial charge < -0.3 is 18.6 Å². The molecule has 8 heteroatoms. The molecule has 0 spiro atoms. The number of carbonyl (C=O) groups is 1. The molecule has 0 saturated heterocycles. The van der Waals surface area contributed by atoms with Gasteiger partial charge in [-0.1, -0.05) is 17.8 Å². The van der Waals surface area contributed by atoms with Gasteiger partial charge in [-0.3, -0.25) is 0 Å². The summed E-state index contributed by atoms with van der Waals surface area (Å²) in [6.45, 7) is 0.709. The molecule has 0 amide bonds. The number of thioether (sulfide) groups is 1. The number of hydrogen-bond donors (Lipinski definition) is 0. The predicted molar refractivity (Wildman–Crippen MR) is 103 cm³/mol. The Morgan fingerprint density at radius 2 is 2.07 bits per heavy atom. The highest BCUT2D eigenvalue weighted by Gasteiger charge is 2.16. The second kappa shape index (κ2) is 7.93. The van der Waals surface area contributed by atoms with Gasteiger partial charge in [0, 0.05) is 23.3 Å². The van der Waals surface area contributed by atoms with Crippen LogP contribution in [0, 0.1) is 0 Å². The van der Waals surface area contributed by atoms with E-state index in [0.29, 0.717) is 34.8 Å². The number of rotatable bonds is 6. The lowest BCUT2D eigenvalue weighted by atomic mass is 10.1. The average molecular weight is 398 g/mol. The SMILES string of the molecule is COC(=O)c1ccc(CSc2nnc(-c3ccc4c(c3)CCO4)o2)c(OC)c1.